The van der Waals surface area contributed by atoms with Crippen LogP contribution in [0.2, 0.25) is 0 Å². The molecule has 202 valence electrons. The van der Waals surface area contributed by atoms with E-state index >= 15 is 0 Å². The molecule has 0 aliphatic carbocycles. The summed E-state index contributed by atoms with van der Waals surface area (Å²) in [7, 11) is -8.02. The number of carbonyl (C=O) groups is 1. The number of hydrogen-bond acceptors (Lipinski definition) is 7. The largest absolute Gasteiger partial charge is 0.325 e. The third-order valence-electron chi connectivity index (χ3n) is 5.91. The van der Waals surface area contributed by atoms with Gasteiger partial charge in [-0.3, -0.25) is 9.10 Å². The lowest BCUT2D eigenvalue weighted by atomic mass is 10.1. The molecule has 4 aromatic rings. The highest BCUT2D eigenvalue weighted by Gasteiger charge is 2.27. The first-order valence-electron chi connectivity index (χ1n) is 11.8. The molecule has 0 spiro atoms. The number of benzene rings is 3. The van der Waals surface area contributed by atoms with Gasteiger partial charge >= 0.3 is 0 Å². The van der Waals surface area contributed by atoms with E-state index in [1.54, 1.807) is 36.4 Å². The zero-order valence-electron chi connectivity index (χ0n) is 21.5. The first kappa shape index (κ1) is 27.7. The lowest BCUT2D eigenvalue weighted by Crippen LogP contribution is -2.38. The smallest absolute Gasteiger partial charge is 0.264 e. The Morgan fingerprint density at radius 3 is 2.03 bits per heavy atom. The molecule has 1 amide bonds. The van der Waals surface area contributed by atoms with Gasteiger partial charge in [0.25, 0.3) is 20.0 Å². The topological polar surface area (TPSA) is 138 Å². The number of nitrogens with one attached hydrogen (secondary N) is 2. The Hall–Kier alpha value is -4.29. The van der Waals surface area contributed by atoms with Crippen LogP contribution >= 0.6 is 0 Å². The second-order valence-corrected chi connectivity index (χ2v) is 12.4. The molecule has 0 saturated heterocycles. The fraction of sp³-hybridized carbons (Fsp3) is 0.148. The highest BCUT2D eigenvalue weighted by molar-refractivity contribution is 7.93. The fourth-order valence-corrected chi connectivity index (χ4v) is 5.98. The van der Waals surface area contributed by atoms with Crippen molar-refractivity contribution in [1.82, 2.24) is 9.97 Å². The summed E-state index contributed by atoms with van der Waals surface area (Å²) in [6, 6.07) is 18.6. The molecule has 10 nitrogen and oxygen atoms in total. The van der Waals surface area contributed by atoms with E-state index in [0.717, 1.165) is 21.0 Å². The van der Waals surface area contributed by atoms with Gasteiger partial charge in [-0.2, -0.15) is 0 Å². The van der Waals surface area contributed by atoms with Gasteiger partial charge in [-0.25, -0.2) is 31.5 Å². The third-order valence-corrected chi connectivity index (χ3v) is 9.05. The van der Waals surface area contributed by atoms with Gasteiger partial charge in [-0.15, -0.1) is 0 Å². The molecule has 39 heavy (non-hydrogen) atoms. The Balaban J connectivity index is 1.55. The third kappa shape index (κ3) is 6.59. The molecule has 0 saturated carbocycles. The average Bonchev–Trinajstić information content (AvgIpc) is 2.90. The van der Waals surface area contributed by atoms with Crippen molar-refractivity contribution in [2.24, 2.45) is 0 Å². The van der Waals surface area contributed by atoms with Crippen molar-refractivity contribution in [3.05, 3.63) is 102 Å². The Kier molecular flexibility index (Phi) is 7.98. The minimum Gasteiger partial charge on any atom is -0.325 e. The van der Waals surface area contributed by atoms with Gasteiger partial charge in [0.05, 0.1) is 15.5 Å². The highest BCUT2D eigenvalue weighted by atomic mass is 32.2. The van der Waals surface area contributed by atoms with Crippen molar-refractivity contribution in [2.45, 2.75) is 30.6 Å². The summed E-state index contributed by atoms with van der Waals surface area (Å²) in [5.41, 5.74) is 3.41. The second-order valence-electron chi connectivity index (χ2n) is 8.84. The number of hydrogen-bond donors (Lipinski definition) is 2. The molecule has 0 atom stereocenters. The highest BCUT2D eigenvalue weighted by Crippen LogP contribution is 2.26. The molecule has 3 aromatic carbocycles. The van der Waals surface area contributed by atoms with Gasteiger partial charge in [0.15, 0.2) is 0 Å². The van der Waals surface area contributed by atoms with Crippen LogP contribution in [0.5, 0.6) is 0 Å². The lowest BCUT2D eigenvalue weighted by molar-refractivity contribution is -0.114. The van der Waals surface area contributed by atoms with Crippen molar-refractivity contribution < 1.29 is 21.6 Å². The van der Waals surface area contributed by atoms with Crippen molar-refractivity contribution in [3.8, 4) is 0 Å². The van der Waals surface area contributed by atoms with E-state index in [1.807, 2.05) is 20.8 Å². The zero-order valence-corrected chi connectivity index (χ0v) is 23.1. The van der Waals surface area contributed by atoms with Crippen LogP contribution in [0.4, 0.5) is 17.3 Å². The molecule has 0 aliphatic rings. The van der Waals surface area contributed by atoms with Crippen LogP contribution in [0, 0.1) is 20.8 Å². The number of anilines is 3. The molecule has 0 bridgehead atoms. The predicted octanol–water partition coefficient (Wildman–Crippen LogP) is 4.04. The van der Waals surface area contributed by atoms with Crippen LogP contribution in [-0.2, 0) is 24.8 Å². The molecule has 0 aliphatic heterocycles. The van der Waals surface area contributed by atoms with Gasteiger partial charge in [-0.1, -0.05) is 23.8 Å². The monoisotopic (exact) mass is 565 g/mol. The normalized spacial score (nSPS) is 11.6. The Bertz CT molecular complexity index is 1690. The average molecular weight is 566 g/mol. The molecule has 12 heteroatoms. The van der Waals surface area contributed by atoms with E-state index in [-0.39, 0.29) is 15.7 Å². The molecule has 1 heterocycles. The standard InChI is InChI=1S/C27H27N5O5S2/c1-19-5-11-25(12-6-19)39(36,37)32(23-10-7-20(2)21(3)17-23)18-26(33)30-22-8-13-24(14-9-22)38(34,35)31-27-28-15-4-16-29-27/h4-17H,18H2,1-3H3,(H,30,33)(H,28,29,31). The number of rotatable bonds is 9. The molecule has 0 radical (unpaired) electrons. The van der Waals surface area contributed by atoms with Crippen LogP contribution in [0.15, 0.2) is 95.0 Å². The number of nitrogens with zero attached hydrogens (tertiary/aromatic N) is 3. The number of sulfonamides is 2. The van der Waals surface area contributed by atoms with Gasteiger partial charge in [0.1, 0.15) is 6.54 Å². The van der Waals surface area contributed by atoms with E-state index < -0.39 is 32.5 Å². The van der Waals surface area contributed by atoms with Crippen molar-refractivity contribution >= 4 is 43.3 Å². The lowest BCUT2D eigenvalue weighted by Gasteiger charge is -2.25. The first-order valence-corrected chi connectivity index (χ1v) is 14.7. The molecule has 0 unspecified atom stereocenters. The minimum atomic E-state index is -4.07. The zero-order chi connectivity index (χ0) is 28.2. The maximum atomic E-state index is 13.6. The number of aryl methyl sites for hydroxylation is 3. The molecule has 2 N–H and O–H groups in total. The first-order chi connectivity index (χ1) is 18.5. The van der Waals surface area contributed by atoms with E-state index in [4.69, 9.17) is 0 Å². The Labute approximate surface area is 227 Å². The van der Waals surface area contributed by atoms with Gasteiger partial charge in [0, 0.05) is 18.1 Å². The molecular formula is C27H27N5O5S2. The van der Waals surface area contributed by atoms with Crippen molar-refractivity contribution in [2.75, 3.05) is 20.9 Å². The summed E-state index contributed by atoms with van der Waals surface area (Å²) in [5.74, 6) is -0.675. The maximum Gasteiger partial charge on any atom is 0.264 e. The summed E-state index contributed by atoms with van der Waals surface area (Å²) in [6.07, 6.45) is 2.81. The van der Waals surface area contributed by atoms with Crippen LogP contribution in [0.1, 0.15) is 16.7 Å². The van der Waals surface area contributed by atoms with Crippen molar-refractivity contribution in [3.63, 3.8) is 0 Å². The maximum absolute atomic E-state index is 13.6. The summed E-state index contributed by atoms with van der Waals surface area (Å²) >= 11 is 0. The second kappa shape index (κ2) is 11.2. The predicted molar refractivity (Wildman–Crippen MR) is 150 cm³/mol. The summed E-state index contributed by atoms with van der Waals surface area (Å²) in [4.78, 5) is 20.7. The van der Waals surface area contributed by atoms with Crippen LogP contribution in [0.25, 0.3) is 0 Å². The van der Waals surface area contributed by atoms with E-state index in [2.05, 4.69) is 20.0 Å². The van der Waals surface area contributed by atoms with E-state index in [1.165, 1.54) is 48.8 Å². The van der Waals surface area contributed by atoms with Gasteiger partial charge < -0.3 is 5.32 Å². The number of amides is 1. The summed E-state index contributed by atoms with van der Waals surface area (Å²) < 4.78 is 55.7. The van der Waals surface area contributed by atoms with Crippen LogP contribution in [0.3, 0.4) is 0 Å². The summed E-state index contributed by atoms with van der Waals surface area (Å²) in [6.45, 7) is 5.14. The SMILES string of the molecule is Cc1ccc(S(=O)(=O)N(CC(=O)Nc2ccc(S(=O)(=O)Nc3ncccn3)cc2)c2ccc(C)c(C)c2)cc1. The fourth-order valence-electron chi connectivity index (χ4n) is 3.61. The van der Waals surface area contributed by atoms with Crippen LogP contribution in [-0.4, -0.2) is 39.3 Å². The number of carbonyl (C=O) groups excluding carboxylic acids is 1. The summed E-state index contributed by atoms with van der Waals surface area (Å²) in [5, 5.41) is 2.64. The quantitative estimate of drug-likeness (QED) is 0.312. The molecule has 1 aromatic heterocycles. The molecular weight excluding hydrogens is 538 g/mol. The van der Waals surface area contributed by atoms with Gasteiger partial charge in [-0.05, 0) is 86.5 Å². The molecule has 0 fully saturated rings. The Morgan fingerprint density at radius 2 is 1.41 bits per heavy atom. The van der Waals surface area contributed by atoms with Crippen LogP contribution < -0.4 is 14.3 Å². The number of aromatic nitrogens is 2. The Morgan fingerprint density at radius 1 is 0.795 bits per heavy atom. The van der Waals surface area contributed by atoms with Gasteiger partial charge in [0.2, 0.25) is 11.9 Å². The molecule has 4 rings (SSSR count). The van der Waals surface area contributed by atoms with E-state index in [9.17, 15) is 21.6 Å². The van der Waals surface area contributed by atoms with E-state index in [0.29, 0.717) is 11.4 Å². The van der Waals surface area contributed by atoms with Crippen molar-refractivity contribution in [1.29, 1.82) is 0 Å². The minimum absolute atomic E-state index is 0.0589.